The second-order valence-corrected chi connectivity index (χ2v) is 3.45. The topological polar surface area (TPSA) is 17.1 Å². The van der Waals surface area contributed by atoms with Crippen molar-refractivity contribution in [3.63, 3.8) is 0 Å². The van der Waals surface area contributed by atoms with Crippen LogP contribution in [0.3, 0.4) is 0 Å². The number of carbonyl (C=O) groups excluding carboxylic acids is 1. The van der Waals surface area contributed by atoms with Crippen LogP contribution in [0.2, 0.25) is 0 Å². The number of rotatable bonds is 3. The van der Waals surface area contributed by atoms with E-state index in [1.807, 2.05) is 0 Å². The predicted octanol–water partition coefficient (Wildman–Crippen LogP) is 2.82. The third kappa shape index (κ3) is 2.52. The Morgan fingerprint density at radius 1 is 1.50 bits per heavy atom. The van der Waals surface area contributed by atoms with Gasteiger partial charge in [-0.3, -0.25) is 4.79 Å². The van der Waals surface area contributed by atoms with Crippen LogP contribution < -0.4 is 0 Å². The van der Waals surface area contributed by atoms with E-state index in [-0.39, 0.29) is 11.6 Å². The molecule has 0 spiro atoms. The normalized spacial score (nSPS) is 9.93. The molecule has 0 aliphatic carbocycles. The van der Waals surface area contributed by atoms with Crippen molar-refractivity contribution in [2.75, 3.05) is 0 Å². The lowest BCUT2D eigenvalue weighted by molar-refractivity contribution is -0.114. The Morgan fingerprint density at radius 2 is 2.14 bits per heavy atom. The van der Waals surface area contributed by atoms with Crippen LogP contribution >= 0.6 is 0 Å². The maximum absolute atomic E-state index is 12.7. The molecule has 2 heteroatoms. The first-order valence-corrected chi connectivity index (χ1v) is 4.44. The molecule has 14 heavy (non-hydrogen) atoms. The Balaban J connectivity index is 2.87. The van der Waals surface area contributed by atoms with E-state index in [0.29, 0.717) is 12.0 Å². The summed E-state index contributed by atoms with van der Waals surface area (Å²) in [5.41, 5.74) is 2.20. The summed E-state index contributed by atoms with van der Waals surface area (Å²) < 4.78 is 12.7. The summed E-state index contributed by atoms with van der Waals surface area (Å²) in [7, 11) is 0. The first-order valence-electron chi connectivity index (χ1n) is 4.44. The van der Waals surface area contributed by atoms with Crippen molar-refractivity contribution in [2.24, 2.45) is 0 Å². The molecule has 0 saturated carbocycles. The van der Waals surface area contributed by atoms with Crippen molar-refractivity contribution in [1.82, 2.24) is 0 Å². The van der Waals surface area contributed by atoms with E-state index in [1.54, 1.807) is 19.9 Å². The molecular formula is C12H13FO. The number of ketones is 1. The number of Topliss-reactive ketones (excluding diaryl/α,β-unsaturated/α-hetero) is 1. The zero-order valence-corrected chi connectivity index (χ0v) is 8.43. The number of hydrogen-bond acceptors (Lipinski definition) is 1. The van der Waals surface area contributed by atoms with Crippen LogP contribution in [0.5, 0.6) is 0 Å². The van der Waals surface area contributed by atoms with Gasteiger partial charge in [-0.1, -0.05) is 12.6 Å². The molecule has 1 nitrogen and oxygen atoms in total. The second kappa shape index (κ2) is 4.18. The fraction of sp³-hybridized carbons (Fsp3) is 0.250. The highest BCUT2D eigenvalue weighted by molar-refractivity contribution is 5.95. The molecule has 0 aliphatic heterocycles. The van der Waals surface area contributed by atoms with Gasteiger partial charge in [0.25, 0.3) is 0 Å². The summed E-state index contributed by atoms with van der Waals surface area (Å²) in [6.07, 6.45) is 0.307. The molecule has 0 radical (unpaired) electrons. The summed E-state index contributed by atoms with van der Waals surface area (Å²) in [6.45, 7) is 7.05. The summed E-state index contributed by atoms with van der Waals surface area (Å²) in [4.78, 5) is 11.4. The van der Waals surface area contributed by atoms with Gasteiger partial charge in [-0.15, -0.1) is 0 Å². The number of allylic oxidation sites excluding steroid dienone is 1. The summed E-state index contributed by atoms with van der Waals surface area (Å²) in [5, 5.41) is 0. The number of hydrogen-bond donors (Lipinski definition) is 0. The van der Waals surface area contributed by atoms with E-state index in [2.05, 4.69) is 6.58 Å². The van der Waals surface area contributed by atoms with Crippen molar-refractivity contribution in [3.8, 4) is 0 Å². The maximum Gasteiger partial charge on any atom is 0.162 e. The van der Waals surface area contributed by atoms with Gasteiger partial charge in [-0.25, -0.2) is 4.39 Å². The molecule has 0 heterocycles. The van der Waals surface area contributed by atoms with Crippen molar-refractivity contribution < 1.29 is 9.18 Å². The number of aryl methyl sites for hydroxylation is 1. The van der Waals surface area contributed by atoms with Gasteiger partial charge in [0.2, 0.25) is 0 Å². The molecule has 0 amide bonds. The third-order valence-electron chi connectivity index (χ3n) is 2.13. The molecular weight excluding hydrogens is 179 g/mol. The van der Waals surface area contributed by atoms with Crippen LogP contribution in [0.25, 0.3) is 0 Å². The molecule has 0 fully saturated rings. The molecule has 0 aliphatic rings. The molecule has 1 aromatic carbocycles. The second-order valence-electron chi connectivity index (χ2n) is 3.45. The summed E-state index contributed by atoms with van der Waals surface area (Å²) in [6, 6.07) is 4.45. The van der Waals surface area contributed by atoms with Crippen LogP contribution in [-0.2, 0) is 11.2 Å². The standard InChI is InChI=1S/C12H13FO/c1-8(2)12(14)7-10-4-5-11(13)6-9(10)3/h4-6H,1,7H2,2-3H3. The monoisotopic (exact) mass is 192 g/mol. The van der Waals surface area contributed by atoms with Crippen LogP contribution in [0, 0.1) is 12.7 Å². The predicted molar refractivity (Wildman–Crippen MR) is 54.7 cm³/mol. The summed E-state index contributed by atoms with van der Waals surface area (Å²) >= 11 is 0. The Labute approximate surface area is 83.3 Å². The third-order valence-corrected chi connectivity index (χ3v) is 2.13. The van der Waals surface area contributed by atoms with Crippen LogP contribution in [0.15, 0.2) is 30.4 Å². The summed E-state index contributed by atoms with van der Waals surface area (Å²) in [5.74, 6) is -0.270. The van der Waals surface area contributed by atoms with Crippen molar-refractivity contribution in [3.05, 3.63) is 47.3 Å². The quantitative estimate of drug-likeness (QED) is 0.673. The molecule has 1 aromatic rings. The Morgan fingerprint density at radius 3 is 2.64 bits per heavy atom. The zero-order chi connectivity index (χ0) is 10.7. The average molecular weight is 192 g/mol. The Kier molecular flexibility index (Phi) is 3.18. The maximum atomic E-state index is 12.7. The van der Waals surface area contributed by atoms with E-state index in [4.69, 9.17) is 0 Å². The fourth-order valence-corrected chi connectivity index (χ4v) is 1.18. The molecule has 1 rings (SSSR count). The highest BCUT2D eigenvalue weighted by Gasteiger charge is 2.06. The van der Waals surface area contributed by atoms with Gasteiger partial charge in [0, 0.05) is 6.42 Å². The van der Waals surface area contributed by atoms with E-state index in [1.165, 1.54) is 12.1 Å². The van der Waals surface area contributed by atoms with Gasteiger partial charge in [0.05, 0.1) is 0 Å². The van der Waals surface area contributed by atoms with Gasteiger partial charge in [-0.2, -0.15) is 0 Å². The number of carbonyl (C=O) groups is 1. The van der Waals surface area contributed by atoms with Gasteiger partial charge in [0.15, 0.2) is 5.78 Å². The van der Waals surface area contributed by atoms with E-state index in [9.17, 15) is 9.18 Å². The van der Waals surface area contributed by atoms with Gasteiger partial charge in [0.1, 0.15) is 5.82 Å². The zero-order valence-electron chi connectivity index (χ0n) is 8.43. The van der Waals surface area contributed by atoms with E-state index in [0.717, 1.165) is 11.1 Å². The molecule has 0 atom stereocenters. The minimum absolute atomic E-state index is 0.000270. The Bertz CT molecular complexity index is 380. The lowest BCUT2D eigenvalue weighted by Crippen LogP contribution is -2.04. The van der Waals surface area contributed by atoms with Gasteiger partial charge < -0.3 is 0 Å². The highest BCUT2D eigenvalue weighted by atomic mass is 19.1. The Hall–Kier alpha value is -1.44. The van der Waals surface area contributed by atoms with Crippen LogP contribution in [0.4, 0.5) is 4.39 Å². The van der Waals surface area contributed by atoms with E-state index < -0.39 is 0 Å². The fourth-order valence-electron chi connectivity index (χ4n) is 1.18. The number of halogens is 1. The minimum Gasteiger partial charge on any atom is -0.294 e. The van der Waals surface area contributed by atoms with Crippen molar-refractivity contribution in [1.29, 1.82) is 0 Å². The van der Waals surface area contributed by atoms with Crippen LogP contribution in [0.1, 0.15) is 18.1 Å². The minimum atomic E-state index is -0.269. The molecule has 74 valence electrons. The molecule has 0 bridgehead atoms. The van der Waals surface area contributed by atoms with Crippen molar-refractivity contribution in [2.45, 2.75) is 20.3 Å². The largest absolute Gasteiger partial charge is 0.294 e. The van der Waals surface area contributed by atoms with Gasteiger partial charge >= 0.3 is 0 Å². The first-order chi connectivity index (χ1) is 6.50. The van der Waals surface area contributed by atoms with Crippen LogP contribution in [-0.4, -0.2) is 5.78 Å². The SMILES string of the molecule is C=C(C)C(=O)Cc1ccc(F)cc1C. The number of benzene rings is 1. The smallest absolute Gasteiger partial charge is 0.162 e. The lowest BCUT2D eigenvalue weighted by Gasteiger charge is -2.04. The highest BCUT2D eigenvalue weighted by Crippen LogP contribution is 2.12. The van der Waals surface area contributed by atoms with Gasteiger partial charge in [-0.05, 0) is 42.7 Å². The average Bonchev–Trinajstić information content (AvgIpc) is 2.09. The molecule has 0 saturated heterocycles. The molecule has 0 N–H and O–H groups in total. The van der Waals surface area contributed by atoms with Crippen molar-refractivity contribution >= 4 is 5.78 Å². The molecule has 0 unspecified atom stereocenters. The molecule has 0 aromatic heterocycles. The lowest BCUT2D eigenvalue weighted by atomic mass is 10.0. The van der Waals surface area contributed by atoms with E-state index >= 15 is 0 Å². The first kappa shape index (κ1) is 10.6.